The lowest BCUT2D eigenvalue weighted by Crippen LogP contribution is -2.05. The maximum atomic E-state index is 12.0. The third-order valence-corrected chi connectivity index (χ3v) is 3.79. The van der Waals surface area contributed by atoms with Crippen molar-refractivity contribution < 1.29 is 17.9 Å². The van der Waals surface area contributed by atoms with Gasteiger partial charge in [0, 0.05) is 0 Å². The molecule has 6 heteroatoms. The van der Waals surface area contributed by atoms with Gasteiger partial charge in [-0.1, -0.05) is 18.2 Å². The second kappa shape index (κ2) is 4.07. The number of sulfone groups is 1. The van der Waals surface area contributed by atoms with Crippen molar-refractivity contribution in [3.63, 3.8) is 0 Å². The molecule has 0 aliphatic carbocycles. The summed E-state index contributed by atoms with van der Waals surface area (Å²) in [6, 6.07) is 7.88. The van der Waals surface area contributed by atoms with Crippen molar-refractivity contribution in [1.82, 2.24) is 4.98 Å². The van der Waals surface area contributed by atoms with Crippen molar-refractivity contribution in [3.8, 4) is 0 Å². The van der Waals surface area contributed by atoms with E-state index in [1.54, 1.807) is 18.2 Å². The number of nitrogens with zero attached hydrogens (tertiary/aromatic N) is 1. The van der Waals surface area contributed by atoms with Gasteiger partial charge in [0.1, 0.15) is 6.61 Å². The minimum atomic E-state index is -3.70. The fourth-order valence-corrected chi connectivity index (χ4v) is 2.63. The molecule has 1 aromatic carbocycles. The zero-order valence-electron chi connectivity index (χ0n) is 8.20. The molecule has 0 aliphatic heterocycles. The summed E-state index contributed by atoms with van der Waals surface area (Å²) in [6.07, 6.45) is 1.00. The Morgan fingerprint density at radius 1 is 1.25 bits per heavy atom. The number of benzene rings is 1. The molecular weight excluding hydrogens is 230 g/mol. The van der Waals surface area contributed by atoms with Gasteiger partial charge in [-0.25, -0.2) is 13.4 Å². The number of aliphatic hydroxyl groups excluding tert-OH is 1. The van der Waals surface area contributed by atoms with Crippen molar-refractivity contribution in [1.29, 1.82) is 0 Å². The van der Waals surface area contributed by atoms with E-state index >= 15 is 0 Å². The number of oxazole rings is 1. The van der Waals surface area contributed by atoms with Gasteiger partial charge < -0.3 is 9.52 Å². The minimum absolute atomic E-state index is 0.0520. The third-order valence-electron chi connectivity index (χ3n) is 2.06. The fourth-order valence-electron chi connectivity index (χ4n) is 1.30. The number of hydrogen-bond donors (Lipinski definition) is 1. The van der Waals surface area contributed by atoms with Crippen molar-refractivity contribution in [2.75, 3.05) is 0 Å². The standard InChI is InChI=1S/C10H9NO4S/c12-6-9-10(11-7-15-9)16(13,14)8-4-2-1-3-5-8/h1-5,7,12H,6H2. The van der Waals surface area contributed by atoms with E-state index in [2.05, 4.69) is 4.98 Å². The van der Waals surface area contributed by atoms with Crippen LogP contribution in [-0.2, 0) is 16.4 Å². The minimum Gasteiger partial charge on any atom is -0.445 e. The Balaban J connectivity index is 2.56. The summed E-state index contributed by atoms with van der Waals surface area (Å²) in [7, 11) is -3.70. The molecule has 84 valence electrons. The average Bonchev–Trinajstić information content (AvgIpc) is 2.79. The van der Waals surface area contributed by atoms with Crippen LogP contribution in [0.3, 0.4) is 0 Å². The van der Waals surface area contributed by atoms with Crippen LogP contribution in [0.25, 0.3) is 0 Å². The summed E-state index contributed by atoms with van der Waals surface area (Å²) < 4.78 is 28.9. The Morgan fingerprint density at radius 2 is 1.94 bits per heavy atom. The SMILES string of the molecule is O=S(=O)(c1ccccc1)c1ncoc1CO. The second-order valence-electron chi connectivity index (χ2n) is 3.06. The highest BCUT2D eigenvalue weighted by molar-refractivity contribution is 7.91. The highest BCUT2D eigenvalue weighted by atomic mass is 32.2. The zero-order valence-corrected chi connectivity index (χ0v) is 9.02. The Bertz CT molecular complexity index is 574. The van der Waals surface area contributed by atoms with E-state index in [0.717, 1.165) is 6.39 Å². The molecular formula is C10H9NO4S. The van der Waals surface area contributed by atoms with E-state index in [0.29, 0.717) is 0 Å². The number of rotatable bonds is 3. The summed E-state index contributed by atoms with van der Waals surface area (Å²) in [6.45, 7) is -0.499. The van der Waals surface area contributed by atoms with Gasteiger partial charge in [-0.15, -0.1) is 0 Å². The zero-order chi connectivity index (χ0) is 11.6. The van der Waals surface area contributed by atoms with Crippen LogP contribution in [-0.4, -0.2) is 18.5 Å². The highest BCUT2D eigenvalue weighted by Gasteiger charge is 2.24. The van der Waals surface area contributed by atoms with Crippen molar-refractivity contribution in [3.05, 3.63) is 42.5 Å². The van der Waals surface area contributed by atoms with E-state index < -0.39 is 16.4 Å². The van der Waals surface area contributed by atoms with Crippen LogP contribution >= 0.6 is 0 Å². The molecule has 1 N–H and O–H groups in total. The quantitative estimate of drug-likeness (QED) is 0.864. The van der Waals surface area contributed by atoms with Crippen molar-refractivity contribution in [2.24, 2.45) is 0 Å². The molecule has 0 saturated carbocycles. The molecule has 2 aromatic rings. The van der Waals surface area contributed by atoms with E-state index in [9.17, 15) is 8.42 Å². The summed E-state index contributed by atoms with van der Waals surface area (Å²) in [5, 5.41) is 8.68. The molecule has 0 unspecified atom stereocenters. The smallest absolute Gasteiger partial charge is 0.227 e. The largest absolute Gasteiger partial charge is 0.445 e. The lowest BCUT2D eigenvalue weighted by molar-refractivity contribution is 0.242. The fraction of sp³-hybridized carbons (Fsp3) is 0.100. The first-order valence-corrected chi connectivity index (χ1v) is 5.98. The van der Waals surface area contributed by atoms with Crippen LogP contribution in [0.1, 0.15) is 5.76 Å². The lowest BCUT2D eigenvalue weighted by atomic mass is 10.4. The molecule has 0 amide bonds. The van der Waals surface area contributed by atoms with E-state index in [1.165, 1.54) is 12.1 Å². The van der Waals surface area contributed by atoms with Crippen LogP contribution in [0.5, 0.6) is 0 Å². The van der Waals surface area contributed by atoms with Gasteiger partial charge in [0.05, 0.1) is 4.90 Å². The van der Waals surface area contributed by atoms with Gasteiger partial charge >= 0.3 is 0 Å². The molecule has 1 aromatic heterocycles. The first kappa shape index (κ1) is 10.8. The van der Waals surface area contributed by atoms with Gasteiger partial charge in [-0.2, -0.15) is 0 Å². The van der Waals surface area contributed by atoms with Gasteiger partial charge in [-0.3, -0.25) is 0 Å². The van der Waals surface area contributed by atoms with Crippen LogP contribution in [0.4, 0.5) is 0 Å². The molecule has 16 heavy (non-hydrogen) atoms. The lowest BCUT2D eigenvalue weighted by Gasteiger charge is -2.01. The molecule has 0 radical (unpaired) electrons. The molecule has 0 aliphatic rings. The van der Waals surface area contributed by atoms with E-state index in [-0.39, 0.29) is 15.7 Å². The monoisotopic (exact) mass is 239 g/mol. The summed E-state index contributed by atoms with van der Waals surface area (Å²) >= 11 is 0. The van der Waals surface area contributed by atoms with Crippen LogP contribution in [0.15, 0.2) is 51.1 Å². The summed E-state index contributed by atoms with van der Waals surface area (Å²) in [5.74, 6) is -0.0520. The predicted molar refractivity (Wildman–Crippen MR) is 54.3 cm³/mol. The van der Waals surface area contributed by atoms with Crippen molar-refractivity contribution >= 4 is 9.84 Å². The Hall–Kier alpha value is -1.66. The summed E-state index contributed by atoms with van der Waals surface area (Å²) in [4.78, 5) is 3.74. The van der Waals surface area contributed by atoms with E-state index in [1.807, 2.05) is 0 Å². The molecule has 1 heterocycles. The molecule has 2 rings (SSSR count). The topological polar surface area (TPSA) is 80.4 Å². The molecule has 0 atom stereocenters. The number of hydrogen-bond acceptors (Lipinski definition) is 5. The van der Waals surface area contributed by atoms with Gasteiger partial charge in [0.25, 0.3) is 0 Å². The van der Waals surface area contributed by atoms with Gasteiger partial charge in [0.2, 0.25) is 14.9 Å². The maximum absolute atomic E-state index is 12.0. The Morgan fingerprint density at radius 3 is 2.56 bits per heavy atom. The maximum Gasteiger partial charge on any atom is 0.227 e. The van der Waals surface area contributed by atoms with Gasteiger partial charge in [-0.05, 0) is 12.1 Å². The van der Waals surface area contributed by atoms with Crippen molar-refractivity contribution in [2.45, 2.75) is 16.5 Å². The predicted octanol–water partition coefficient (Wildman–Crippen LogP) is 1.000. The first-order valence-electron chi connectivity index (χ1n) is 4.49. The normalized spacial score (nSPS) is 11.6. The molecule has 0 saturated heterocycles. The molecule has 0 fully saturated rings. The van der Waals surface area contributed by atoms with Crippen LogP contribution in [0, 0.1) is 0 Å². The second-order valence-corrected chi connectivity index (χ2v) is 4.92. The number of aliphatic hydroxyl groups is 1. The average molecular weight is 239 g/mol. The van der Waals surface area contributed by atoms with Gasteiger partial charge in [0.15, 0.2) is 12.2 Å². The molecule has 0 spiro atoms. The van der Waals surface area contributed by atoms with E-state index in [4.69, 9.17) is 9.52 Å². The Labute approximate surface area is 92.3 Å². The Kier molecular flexibility index (Phi) is 2.76. The molecule has 5 nitrogen and oxygen atoms in total. The molecule has 0 bridgehead atoms. The first-order chi connectivity index (χ1) is 7.66. The highest BCUT2D eigenvalue weighted by Crippen LogP contribution is 2.22. The van der Waals surface area contributed by atoms with Crippen LogP contribution < -0.4 is 0 Å². The van der Waals surface area contributed by atoms with Crippen LogP contribution in [0.2, 0.25) is 0 Å². The summed E-state index contributed by atoms with van der Waals surface area (Å²) in [5.41, 5.74) is 0. The third kappa shape index (κ3) is 1.72. The number of aromatic nitrogens is 1.